The number of nitrogens with zero attached hydrogens (tertiary/aromatic N) is 2. The van der Waals surface area contributed by atoms with Gasteiger partial charge in [0.05, 0.1) is 17.4 Å². The number of aromatic nitrogens is 1. The fourth-order valence-electron chi connectivity index (χ4n) is 3.17. The van der Waals surface area contributed by atoms with Crippen molar-refractivity contribution in [2.45, 2.75) is 32.7 Å². The monoisotopic (exact) mass is 437 g/mol. The Morgan fingerprint density at radius 2 is 1.87 bits per heavy atom. The van der Waals surface area contributed by atoms with Crippen molar-refractivity contribution in [2.75, 3.05) is 4.90 Å². The molecule has 0 saturated heterocycles. The van der Waals surface area contributed by atoms with Crippen LogP contribution >= 0.6 is 11.3 Å². The second-order valence-corrected chi connectivity index (χ2v) is 7.79. The number of thiazole rings is 1. The molecule has 1 unspecified atom stereocenters. The molecule has 0 aliphatic carbocycles. The van der Waals surface area contributed by atoms with E-state index in [9.17, 15) is 14.0 Å². The van der Waals surface area contributed by atoms with E-state index in [1.165, 1.54) is 41.4 Å². The second-order valence-electron chi connectivity index (χ2n) is 6.95. The van der Waals surface area contributed by atoms with Gasteiger partial charge >= 0.3 is 0 Å². The molecule has 1 atom stereocenters. The summed E-state index contributed by atoms with van der Waals surface area (Å²) in [5.41, 5.74) is 1.72. The Kier molecular flexibility index (Phi) is 7.67. The van der Waals surface area contributed by atoms with Crippen molar-refractivity contribution in [2.24, 2.45) is 0 Å². The smallest absolute Gasteiger partial charge is 0.244 e. The third kappa shape index (κ3) is 5.86. The third-order valence-electron chi connectivity index (χ3n) is 4.61. The molecule has 0 aliphatic rings. The molecule has 3 rings (SSSR count). The van der Waals surface area contributed by atoms with Crippen molar-refractivity contribution in [1.29, 1.82) is 0 Å². The Morgan fingerprint density at radius 1 is 1.16 bits per heavy atom. The standard InChI is InChI=1S/C24H24FN3O2S/c1-3-9-21(18-10-5-4-6-11-18)27-23(30)15-14-19-16-31-24(26-19)28(17(2)29)22-13-8-7-12-20(22)25/h4-8,10-16,21H,3,9H2,1-2H3,(H,27,30)/b15-14+. The maximum atomic E-state index is 14.2. The summed E-state index contributed by atoms with van der Waals surface area (Å²) in [4.78, 5) is 30.2. The number of halogens is 1. The summed E-state index contributed by atoms with van der Waals surface area (Å²) in [5, 5.41) is 5.08. The van der Waals surface area contributed by atoms with Gasteiger partial charge in [-0.25, -0.2) is 9.37 Å². The molecule has 1 N–H and O–H groups in total. The van der Waals surface area contributed by atoms with Crippen molar-refractivity contribution >= 4 is 40.0 Å². The van der Waals surface area contributed by atoms with Gasteiger partial charge in [0.2, 0.25) is 11.8 Å². The zero-order valence-corrected chi connectivity index (χ0v) is 18.2. The Bertz CT molecular complexity index is 1070. The number of carbonyl (C=O) groups excluding carboxylic acids is 2. The molecule has 7 heteroatoms. The lowest BCUT2D eigenvalue weighted by molar-refractivity contribution is -0.117. The maximum Gasteiger partial charge on any atom is 0.244 e. The van der Waals surface area contributed by atoms with Crippen molar-refractivity contribution < 1.29 is 14.0 Å². The Morgan fingerprint density at radius 3 is 2.55 bits per heavy atom. The number of rotatable bonds is 8. The van der Waals surface area contributed by atoms with E-state index >= 15 is 0 Å². The van der Waals surface area contributed by atoms with Crippen LogP contribution in [0.15, 0.2) is 66.1 Å². The number of hydrogen-bond donors (Lipinski definition) is 1. The van der Waals surface area contributed by atoms with Gasteiger partial charge < -0.3 is 5.32 Å². The predicted octanol–water partition coefficient (Wildman–Crippen LogP) is 5.64. The first-order valence-electron chi connectivity index (χ1n) is 10.0. The number of hydrogen-bond acceptors (Lipinski definition) is 4. The molecule has 5 nitrogen and oxygen atoms in total. The summed E-state index contributed by atoms with van der Waals surface area (Å²) in [6.45, 7) is 3.43. The zero-order valence-electron chi connectivity index (χ0n) is 17.4. The molecule has 160 valence electrons. The van der Waals surface area contributed by atoms with E-state index < -0.39 is 5.82 Å². The first-order chi connectivity index (χ1) is 15.0. The van der Waals surface area contributed by atoms with Crippen LogP contribution in [0.2, 0.25) is 0 Å². The van der Waals surface area contributed by atoms with Crippen LogP contribution in [0.25, 0.3) is 6.08 Å². The van der Waals surface area contributed by atoms with Gasteiger partial charge in [0.25, 0.3) is 0 Å². The van der Waals surface area contributed by atoms with Gasteiger partial charge in [0.15, 0.2) is 5.13 Å². The number of nitrogens with one attached hydrogen (secondary N) is 1. The number of amides is 2. The quantitative estimate of drug-likeness (QED) is 0.464. The molecule has 1 aromatic heterocycles. The highest BCUT2D eigenvalue weighted by Crippen LogP contribution is 2.31. The minimum absolute atomic E-state index is 0.0661. The van der Waals surface area contributed by atoms with Crippen molar-refractivity contribution in [3.8, 4) is 0 Å². The van der Waals surface area contributed by atoms with Gasteiger partial charge in [0, 0.05) is 18.4 Å². The fourth-order valence-corrected chi connectivity index (χ4v) is 4.02. The number of anilines is 2. The highest BCUT2D eigenvalue weighted by atomic mass is 32.1. The van der Waals surface area contributed by atoms with Crippen LogP contribution in [0.4, 0.5) is 15.2 Å². The van der Waals surface area contributed by atoms with Crippen molar-refractivity contribution in [3.05, 3.63) is 83.1 Å². The SMILES string of the molecule is CCCC(NC(=O)/C=C/c1csc(N(C(C)=O)c2ccccc2F)n1)c1ccccc1. The molecule has 2 aromatic carbocycles. The summed E-state index contributed by atoms with van der Waals surface area (Å²) >= 11 is 1.20. The van der Waals surface area contributed by atoms with E-state index in [2.05, 4.69) is 17.2 Å². The number of para-hydroxylation sites is 1. The van der Waals surface area contributed by atoms with E-state index in [-0.39, 0.29) is 23.5 Å². The Balaban J connectivity index is 1.73. The Hall–Kier alpha value is -3.32. The van der Waals surface area contributed by atoms with Gasteiger partial charge in [-0.15, -0.1) is 11.3 Å². The molecule has 0 fully saturated rings. The molecule has 0 spiro atoms. The van der Waals surface area contributed by atoms with Gasteiger partial charge in [-0.05, 0) is 30.2 Å². The summed E-state index contributed by atoms with van der Waals surface area (Å²) in [6.07, 6.45) is 4.78. The van der Waals surface area contributed by atoms with Crippen LogP contribution in [0.5, 0.6) is 0 Å². The lowest BCUT2D eigenvalue weighted by Gasteiger charge is -2.18. The van der Waals surface area contributed by atoms with Crippen LogP contribution in [0.3, 0.4) is 0 Å². The first-order valence-corrected chi connectivity index (χ1v) is 10.9. The lowest BCUT2D eigenvalue weighted by atomic mass is 10.0. The summed E-state index contributed by atoms with van der Waals surface area (Å²) in [6, 6.07) is 15.8. The van der Waals surface area contributed by atoms with Crippen LogP contribution < -0.4 is 10.2 Å². The number of benzene rings is 2. The maximum absolute atomic E-state index is 14.2. The van der Waals surface area contributed by atoms with Crippen LogP contribution in [0.1, 0.15) is 44.0 Å². The van der Waals surface area contributed by atoms with Crippen LogP contribution in [-0.4, -0.2) is 16.8 Å². The van der Waals surface area contributed by atoms with Crippen LogP contribution in [0, 0.1) is 5.82 Å². The minimum atomic E-state index is -0.507. The molecule has 0 radical (unpaired) electrons. The zero-order chi connectivity index (χ0) is 22.2. The highest BCUT2D eigenvalue weighted by Gasteiger charge is 2.20. The van der Waals surface area contributed by atoms with Gasteiger partial charge in [0.1, 0.15) is 5.82 Å². The van der Waals surface area contributed by atoms with E-state index in [1.807, 2.05) is 30.3 Å². The molecule has 2 amide bonds. The first kappa shape index (κ1) is 22.4. The number of carbonyl (C=O) groups is 2. The van der Waals surface area contributed by atoms with E-state index in [0.717, 1.165) is 18.4 Å². The fraction of sp³-hybridized carbons (Fsp3) is 0.208. The predicted molar refractivity (Wildman–Crippen MR) is 123 cm³/mol. The Labute approximate surface area is 185 Å². The molecular weight excluding hydrogens is 413 g/mol. The van der Waals surface area contributed by atoms with Gasteiger partial charge in [-0.2, -0.15) is 0 Å². The average molecular weight is 438 g/mol. The molecular formula is C24H24FN3O2S. The van der Waals surface area contributed by atoms with Gasteiger partial charge in [-0.1, -0.05) is 55.8 Å². The normalized spacial score (nSPS) is 12.0. The molecule has 0 saturated carbocycles. The molecule has 1 heterocycles. The van der Waals surface area contributed by atoms with E-state index in [0.29, 0.717) is 10.8 Å². The van der Waals surface area contributed by atoms with Crippen LogP contribution in [-0.2, 0) is 9.59 Å². The van der Waals surface area contributed by atoms with E-state index in [4.69, 9.17) is 0 Å². The largest absolute Gasteiger partial charge is 0.346 e. The summed E-state index contributed by atoms with van der Waals surface area (Å²) < 4.78 is 14.2. The van der Waals surface area contributed by atoms with Crippen molar-refractivity contribution in [3.63, 3.8) is 0 Å². The second kappa shape index (κ2) is 10.6. The molecule has 0 aliphatic heterocycles. The van der Waals surface area contributed by atoms with E-state index in [1.54, 1.807) is 23.6 Å². The lowest BCUT2D eigenvalue weighted by Crippen LogP contribution is -2.26. The molecule has 31 heavy (non-hydrogen) atoms. The third-order valence-corrected chi connectivity index (χ3v) is 5.45. The summed E-state index contributed by atoms with van der Waals surface area (Å²) in [5.74, 6) is -1.08. The highest BCUT2D eigenvalue weighted by molar-refractivity contribution is 7.14. The van der Waals surface area contributed by atoms with Gasteiger partial charge in [-0.3, -0.25) is 14.5 Å². The average Bonchev–Trinajstić information content (AvgIpc) is 3.22. The molecule has 0 bridgehead atoms. The molecule has 3 aromatic rings. The minimum Gasteiger partial charge on any atom is -0.346 e. The topological polar surface area (TPSA) is 62.3 Å². The summed E-state index contributed by atoms with van der Waals surface area (Å²) in [7, 11) is 0. The van der Waals surface area contributed by atoms with Crippen molar-refractivity contribution in [1.82, 2.24) is 10.3 Å².